The van der Waals surface area contributed by atoms with Crippen LogP contribution >= 0.6 is 15.9 Å². The van der Waals surface area contributed by atoms with Gasteiger partial charge in [0, 0.05) is 5.56 Å². The van der Waals surface area contributed by atoms with Gasteiger partial charge in [0.15, 0.2) is 0 Å². The summed E-state index contributed by atoms with van der Waals surface area (Å²) in [7, 11) is 0. The Labute approximate surface area is 103 Å². The second-order valence-electron chi connectivity index (χ2n) is 4.53. The molecule has 0 saturated carbocycles. The summed E-state index contributed by atoms with van der Waals surface area (Å²) in [6.07, 6.45) is -0.342. The van der Waals surface area contributed by atoms with E-state index in [2.05, 4.69) is 15.9 Å². The molecule has 1 atom stereocenters. The number of benzene rings is 1. The molecule has 4 heteroatoms. The van der Waals surface area contributed by atoms with Crippen LogP contribution in [0.3, 0.4) is 0 Å². The van der Waals surface area contributed by atoms with Crippen LogP contribution in [0.5, 0.6) is 0 Å². The SMILES string of the molecule is CCC(C)(C)C(O)c1cc(F)c(Br)cc1F. The van der Waals surface area contributed by atoms with E-state index in [1.165, 1.54) is 0 Å². The van der Waals surface area contributed by atoms with E-state index in [1.807, 2.05) is 20.8 Å². The number of hydrogen-bond donors (Lipinski definition) is 1. The monoisotopic (exact) mass is 292 g/mol. The molecule has 0 bridgehead atoms. The van der Waals surface area contributed by atoms with Crippen molar-refractivity contribution in [2.24, 2.45) is 5.41 Å². The molecule has 0 radical (unpaired) electrons. The van der Waals surface area contributed by atoms with E-state index in [4.69, 9.17) is 0 Å². The molecule has 1 N–H and O–H groups in total. The maximum Gasteiger partial charge on any atom is 0.137 e. The van der Waals surface area contributed by atoms with Crippen molar-refractivity contribution in [2.45, 2.75) is 33.3 Å². The van der Waals surface area contributed by atoms with Gasteiger partial charge in [-0.15, -0.1) is 0 Å². The first-order valence-electron chi connectivity index (χ1n) is 5.12. The van der Waals surface area contributed by atoms with E-state index in [0.717, 1.165) is 12.1 Å². The fourth-order valence-electron chi connectivity index (χ4n) is 1.36. The van der Waals surface area contributed by atoms with Gasteiger partial charge in [0.1, 0.15) is 11.6 Å². The fourth-order valence-corrected chi connectivity index (χ4v) is 1.68. The van der Waals surface area contributed by atoms with Gasteiger partial charge < -0.3 is 5.11 Å². The van der Waals surface area contributed by atoms with Gasteiger partial charge in [-0.25, -0.2) is 8.78 Å². The van der Waals surface area contributed by atoms with Crippen LogP contribution in [-0.2, 0) is 0 Å². The maximum atomic E-state index is 13.6. The zero-order chi connectivity index (χ0) is 12.5. The van der Waals surface area contributed by atoms with Crippen molar-refractivity contribution in [3.63, 3.8) is 0 Å². The lowest BCUT2D eigenvalue weighted by atomic mass is 9.80. The van der Waals surface area contributed by atoms with Crippen molar-refractivity contribution in [1.29, 1.82) is 0 Å². The van der Waals surface area contributed by atoms with Gasteiger partial charge in [-0.3, -0.25) is 0 Å². The normalized spacial score (nSPS) is 13.9. The highest BCUT2D eigenvalue weighted by Gasteiger charge is 2.30. The molecule has 0 aliphatic carbocycles. The standard InChI is InChI=1S/C12H15BrF2O/c1-4-12(2,3)11(16)7-5-10(15)8(13)6-9(7)14/h5-6,11,16H,4H2,1-3H3. The summed E-state index contributed by atoms with van der Waals surface area (Å²) in [5, 5.41) is 10.0. The number of aliphatic hydroxyl groups is 1. The minimum absolute atomic E-state index is 0.00699. The lowest BCUT2D eigenvalue weighted by Gasteiger charge is -2.29. The molecule has 1 nitrogen and oxygen atoms in total. The molecule has 0 amide bonds. The molecule has 0 saturated heterocycles. The van der Waals surface area contributed by atoms with E-state index in [1.54, 1.807) is 0 Å². The molecule has 0 spiro atoms. The number of halogens is 3. The lowest BCUT2D eigenvalue weighted by molar-refractivity contribution is 0.0433. The minimum Gasteiger partial charge on any atom is -0.388 e. The van der Waals surface area contributed by atoms with Crippen molar-refractivity contribution < 1.29 is 13.9 Å². The average molecular weight is 293 g/mol. The van der Waals surface area contributed by atoms with E-state index >= 15 is 0 Å². The highest BCUT2D eigenvalue weighted by Crippen LogP contribution is 2.38. The van der Waals surface area contributed by atoms with Crippen molar-refractivity contribution in [2.75, 3.05) is 0 Å². The summed E-state index contributed by atoms with van der Waals surface area (Å²) in [6.45, 7) is 5.53. The first kappa shape index (κ1) is 13.6. The Hall–Kier alpha value is -0.480. The Morgan fingerprint density at radius 1 is 1.31 bits per heavy atom. The lowest BCUT2D eigenvalue weighted by Crippen LogP contribution is -2.22. The maximum absolute atomic E-state index is 13.6. The molecule has 0 fully saturated rings. The molecule has 1 aromatic rings. The summed E-state index contributed by atoms with van der Waals surface area (Å²) in [4.78, 5) is 0. The van der Waals surface area contributed by atoms with Crippen LogP contribution in [0.4, 0.5) is 8.78 Å². The summed E-state index contributed by atoms with van der Waals surface area (Å²) in [5.41, 5.74) is -0.478. The van der Waals surface area contributed by atoms with Gasteiger partial charge >= 0.3 is 0 Å². The van der Waals surface area contributed by atoms with Crippen LogP contribution in [0.15, 0.2) is 16.6 Å². The zero-order valence-electron chi connectivity index (χ0n) is 9.52. The third kappa shape index (κ3) is 2.61. The first-order chi connectivity index (χ1) is 7.29. The molecule has 90 valence electrons. The number of rotatable bonds is 3. The quantitative estimate of drug-likeness (QED) is 0.828. The van der Waals surface area contributed by atoms with Crippen molar-refractivity contribution in [3.05, 3.63) is 33.8 Å². The van der Waals surface area contributed by atoms with Crippen LogP contribution in [0.1, 0.15) is 38.9 Å². The smallest absolute Gasteiger partial charge is 0.137 e. The second kappa shape index (κ2) is 4.80. The van der Waals surface area contributed by atoms with Gasteiger partial charge in [-0.2, -0.15) is 0 Å². The molecule has 0 heterocycles. The van der Waals surface area contributed by atoms with E-state index < -0.39 is 23.2 Å². The van der Waals surface area contributed by atoms with Gasteiger partial charge in [-0.1, -0.05) is 20.8 Å². The molecule has 1 unspecified atom stereocenters. The number of hydrogen-bond acceptors (Lipinski definition) is 1. The highest BCUT2D eigenvalue weighted by atomic mass is 79.9. The Morgan fingerprint density at radius 3 is 2.38 bits per heavy atom. The van der Waals surface area contributed by atoms with Gasteiger partial charge in [0.25, 0.3) is 0 Å². The summed E-state index contributed by atoms with van der Waals surface area (Å²) in [6, 6.07) is 2.08. The molecule has 0 aliphatic heterocycles. The molecular weight excluding hydrogens is 278 g/mol. The van der Waals surface area contributed by atoms with Crippen molar-refractivity contribution in [3.8, 4) is 0 Å². The third-order valence-electron chi connectivity index (χ3n) is 2.99. The van der Waals surface area contributed by atoms with E-state index in [-0.39, 0.29) is 10.0 Å². The Bertz CT molecular complexity index is 391. The van der Waals surface area contributed by atoms with Crippen LogP contribution in [0, 0.1) is 17.0 Å². The van der Waals surface area contributed by atoms with E-state index in [0.29, 0.717) is 6.42 Å². The van der Waals surface area contributed by atoms with Crippen molar-refractivity contribution >= 4 is 15.9 Å². The summed E-state index contributed by atoms with van der Waals surface area (Å²) in [5.74, 6) is -1.16. The molecule has 0 aliphatic rings. The fraction of sp³-hybridized carbons (Fsp3) is 0.500. The van der Waals surface area contributed by atoms with Gasteiger partial charge in [-0.05, 0) is 39.9 Å². The summed E-state index contributed by atoms with van der Waals surface area (Å²) >= 11 is 2.90. The van der Waals surface area contributed by atoms with Crippen LogP contribution in [0.25, 0.3) is 0 Å². The van der Waals surface area contributed by atoms with Crippen molar-refractivity contribution in [1.82, 2.24) is 0 Å². The zero-order valence-corrected chi connectivity index (χ0v) is 11.1. The van der Waals surface area contributed by atoms with Gasteiger partial charge in [0.05, 0.1) is 10.6 Å². The molecule has 0 aromatic heterocycles. The van der Waals surface area contributed by atoms with Crippen LogP contribution in [-0.4, -0.2) is 5.11 Å². The van der Waals surface area contributed by atoms with Crippen LogP contribution < -0.4 is 0 Å². The topological polar surface area (TPSA) is 20.2 Å². The predicted molar refractivity (Wildman–Crippen MR) is 63.1 cm³/mol. The average Bonchev–Trinajstić information content (AvgIpc) is 2.22. The third-order valence-corrected chi connectivity index (χ3v) is 3.59. The largest absolute Gasteiger partial charge is 0.388 e. The summed E-state index contributed by atoms with van der Waals surface area (Å²) < 4.78 is 26.9. The minimum atomic E-state index is -1.01. The first-order valence-corrected chi connectivity index (χ1v) is 5.91. The van der Waals surface area contributed by atoms with E-state index in [9.17, 15) is 13.9 Å². The van der Waals surface area contributed by atoms with Gasteiger partial charge in [0.2, 0.25) is 0 Å². The Morgan fingerprint density at radius 2 is 1.88 bits per heavy atom. The molecule has 1 rings (SSSR count). The van der Waals surface area contributed by atoms with Crippen LogP contribution in [0.2, 0.25) is 0 Å². The Balaban J connectivity index is 3.19. The Kier molecular flexibility index (Phi) is 4.07. The molecule has 16 heavy (non-hydrogen) atoms. The molecule has 1 aromatic carbocycles. The second-order valence-corrected chi connectivity index (χ2v) is 5.39. The number of aliphatic hydroxyl groups excluding tert-OH is 1. The highest BCUT2D eigenvalue weighted by molar-refractivity contribution is 9.10. The molecular formula is C12H15BrF2O. The predicted octanol–water partition coefficient (Wildman–Crippen LogP) is 4.20.